The van der Waals surface area contributed by atoms with Crippen LogP contribution in [0, 0.1) is 5.82 Å². The van der Waals surface area contributed by atoms with Crippen molar-refractivity contribution in [2.24, 2.45) is 0 Å². The molecule has 13 heavy (non-hydrogen) atoms. The summed E-state index contributed by atoms with van der Waals surface area (Å²) in [6.45, 7) is 3.14. The van der Waals surface area contributed by atoms with Gasteiger partial charge in [-0.3, -0.25) is 0 Å². The third-order valence-corrected chi connectivity index (χ3v) is 1.94. The van der Waals surface area contributed by atoms with E-state index >= 15 is 0 Å². The maximum absolute atomic E-state index is 13.2. The highest BCUT2D eigenvalue weighted by molar-refractivity contribution is 5.47. The van der Waals surface area contributed by atoms with E-state index in [1.54, 1.807) is 23.1 Å². The molecule has 1 N–H and O–H groups in total. The minimum Gasteiger partial charge on any atom is -0.395 e. The number of rotatable bonds is 4. The van der Waals surface area contributed by atoms with Gasteiger partial charge in [-0.15, -0.1) is 0 Å². The van der Waals surface area contributed by atoms with Crippen LogP contribution in [0.5, 0.6) is 0 Å². The van der Waals surface area contributed by atoms with E-state index in [4.69, 9.17) is 5.11 Å². The topological polar surface area (TPSA) is 23.5 Å². The highest BCUT2D eigenvalue weighted by Crippen LogP contribution is 2.17. The summed E-state index contributed by atoms with van der Waals surface area (Å²) in [7, 11) is 0. The molecule has 72 valence electrons. The molecule has 2 nitrogen and oxygen atoms in total. The molecule has 0 saturated carbocycles. The third kappa shape index (κ3) is 2.42. The zero-order valence-electron chi connectivity index (χ0n) is 7.70. The van der Waals surface area contributed by atoms with E-state index in [0.29, 0.717) is 18.8 Å². The lowest BCUT2D eigenvalue weighted by molar-refractivity contribution is 0.302. The van der Waals surface area contributed by atoms with Gasteiger partial charge in [-0.25, -0.2) is 4.39 Å². The summed E-state index contributed by atoms with van der Waals surface area (Å²) >= 11 is 0. The standard InChI is InChI=1S/C10H14FNO/c1-2-12(7-8-13)10-6-4-3-5-9(10)11/h3-6,13H,2,7-8H2,1H3. The average molecular weight is 183 g/mol. The number of hydrogen-bond acceptors (Lipinski definition) is 2. The highest BCUT2D eigenvalue weighted by atomic mass is 19.1. The van der Waals surface area contributed by atoms with Gasteiger partial charge in [0.25, 0.3) is 0 Å². The lowest BCUT2D eigenvalue weighted by atomic mass is 10.2. The molecular formula is C10H14FNO. The molecule has 0 aliphatic carbocycles. The summed E-state index contributed by atoms with van der Waals surface area (Å²) in [4.78, 5) is 1.80. The van der Waals surface area contributed by atoms with Gasteiger partial charge in [0, 0.05) is 13.1 Å². The Bertz CT molecular complexity index is 265. The van der Waals surface area contributed by atoms with Crippen LogP contribution in [0.15, 0.2) is 24.3 Å². The lowest BCUT2D eigenvalue weighted by Gasteiger charge is -2.22. The molecule has 1 rings (SSSR count). The summed E-state index contributed by atoms with van der Waals surface area (Å²) in [5, 5.41) is 8.76. The van der Waals surface area contributed by atoms with E-state index in [1.807, 2.05) is 6.92 Å². The SMILES string of the molecule is CCN(CCO)c1ccccc1F. The molecule has 1 aromatic rings. The number of nitrogens with zero attached hydrogens (tertiary/aromatic N) is 1. The molecule has 0 aliphatic heterocycles. The molecule has 0 saturated heterocycles. The van der Waals surface area contributed by atoms with Gasteiger partial charge in [-0.2, -0.15) is 0 Å². The largest absolute Gasteiger partial charge is 0.395 e. The molecule has 0 bridgehead atoms. The zero-order chi connectivity index (χ0) is 9.68. The maximum atomic E-state index is 13.2. The Labute approximate surface area is 77.6 Å². The van der Waals surface area contributed by atoms with Gasteiger partial charge in [0.1, 0.15) is 5.82 Å². The molecule has 3 heteroatoms. The van der Waals surface area contributed by atoms with Crippen molar-refractivity contribution in [2.75, 3.05) is 24.6 Å². The van der Waals surface area contributed by atoms with Gasteiger partial charge in [0.2, 0.25) is 0 Å². The van der Waals surface area contributed by atoms with E-state index < -0.39 is 0 Å². The van der Waals surface area contributed by atoms with Gasteiger partial charge >= 0.3 is 0 Å². The van der Waals surface area contributed by atoms with Crippen molar-refractivity contribution in [3.05, 3.63) is 30.1 Å². The summed E-state index contributed by atoms with van der Waals surface area (Å²) in [6.07, 6.45) is 0. The van der Waals surface area contributed by atoms with Crippen molar-refractivity contribution >= 4 is 5.69 Å². The summed E-state index contributed by atoms with van der Waals surface area (Å²) < 4.78 is 13.2. The predicted octanol–water partition coefficient (Wildman–Crippen LogP) is 1.64. The molecule has 0 heterocycles. The lowest BCUT2D eigenvalue weighted by Crippen LogP contribution is -2.26. The fourth-order valence-corrected chi connectivity index (χ4v) is 1.28. The molecule has 0 fully saturated rings. The molecule has 0 aliphatic rings. The molecule has 0 spiro atoms. The Morgan fingerprint density at radius 2 is 2.08 bits per heavy atom. The van der Waals surface area contributed by atoms with Crippen LogP contribution in [0.2, 0.25) is 0 Å². The first kappa shape index (κ1) is 9.99. The van der Waals surface area contributed by atoms with Gasteiger partial charge in [-0.05, 0) is 19.1 Å². The minimum absolute atomic E-state index is 0.0438. The van der Waals surface area contributed by atoms with E-state index in [1.165, 1.54) is 6.07 Å². The van der Waals surface area contributed by atoms with Crippen LogP contribution in [0.3, 0.4) is 0 Å². The monoisotopic (exact) mass is 183 g/mol. The minimum atomic E-state index is -0.238. The molecule has 0 amide bonds. The van der Waals surface area contributed by atoms with Crippen LogP contribution in [-0.4, -0.2) is 24.8 Å². The van der Waals surface area contributed by atoms with Crippen molar-refractivity contribution in [1.29, 1.82) is 0 Å². The van der Waals surface area contributed by atoms with E-state index in [9.17, 15) is 4.39 Å². The quantitative estimate of drug-likeness (QED) is 0.767. The smallest absolute Gasteiger partial charge is 0.146 e. The van der Waals surface area contributed by atoms with E-state index in [2.05, 4.69) is 0 Å². The molecule has 1 aromatic carbocycles. The van der Waals surface area contributed by atoms with Crippen LogP contribution in [0.4, 0.5) is 10.1 Å². The Morgan fingerprint density at radius 1 is 1.38 bits per heavy atom. The summed E-state index contributed by atoms with van der Waals surface area (Å²) in [5.41, 5.74) is 0.555. The number of benzene rings is 1. The first-order chi connectivity index (χ1) is 6.29. The number of aliphatic hydroxyl groups excluding tert-OH is 1. The number of likely N-dealkylation sites (N-methyl/N-ethyl adjacent to an activating group) is 1. The van der Waals surface area contributed by atoms with Gasteiger partial charge in [-0.1, -0.05) is 12.1 Å². The second kappa shape index (κ2) is 4.82. The fraction of sp³-hybridized carbons (Fsp3) is 0.400. The number of anilines is 1. The molecule has 0 atom stereocenters. The normalized spacial score (nSPS) is 10.1. The van der Waals surface area contributed by atoms with E-state index in [-0.39, 0.29) is 12.4 Å². The molecule has 0 radical (unpaired) electrons. The molecule has 0 unspecified atom stereocenters. The first-order valence-corrected chi connectivity index (χ1v) is 4.40. The third-order valence-electron chi connectivity index (χ3n) is 1.94. The Morgan fingerprint density at radius 3 is 2.62 bits per heavy atom. The Hall–Kier alpha value is -1.09. The van der Waals surface area contributed by atoms with Crippen LogP contribution in [0.25, 0.3) is 0 Å². The second-order valence-corrected chi connectivity index (χ2v) is 2.75. The zero-order valence-corrected chi connectivity index (χ0v) is 7.70. The Kier molecular flexibility index (Phi) is 3.71. The van der Waals surface area contributed by atoms with Crippen molar-refractivity contribution in [2.45, 2.75) is 6.92 Å². The molecule has 0 aromatic heterocycles. The predicted molar refractivity (Wildman–Crippen MR) is 51.4 cm³/mol. The van der Waals surface area contributed by atoms with Crippen LogP contribution in [-0.2, 0) is 0 Å². The van der Waals surface area contributed by atoms with Gasteiger partial charge < -0.3 is 10.0 Å². The van der Waals surface area contributed by atoms with Crippen LogP contribution in [0.1, 0.15) is 6.92 Å². The number of para-hydroxylation sites is 1. The first-order valence-electron chi connectivity index (χ1n) is 4.40. The van der Waals surface area contributed by atoms with Crippen LogP contribution < -0.4 is 4.90 Å². The fourth-order valence-electron chi connectivity index (χ4n) is 1.28. The second-order valence-electron chi connectivity index (χ2n) is 2.75. The highest BCUT2D eigenvalue weighted by Gasteiger charge is 2.07. The number of hydrogen-bond donors (Lipinski definition) is 1. The van der Waals surface area contributed by atoms with Crippen molar-refractivity contribution < 1.29 is 9.50 Å². The summed E-state index contributed by atoms with van der Waals surface area (Å²) in [5.74, 6) is -0.238. The van der Waals surface area contributed by atoms with Crippen molar-refractivity contribution in [3.63, 3.8) is 0 Å². The Balaban J connectivity index is 2.84. The van der Waals surface area contributed by atoms with Gasteiger partial charge in [0.15, 0.2) is 0 Å². The van der Waals surface area contributed by atoms with Crippen molar-refractivity contribution in [3.8, 4) is 0 Å². The number of aliphatic hydroxyl groups is 1. The van der Waals surface area contributed by atoms with Gasteiger partial charge in [0.05, 0.1) is 12.3 Å². The van der Waals surface area contributed by atoms with E-state index in [0.717, 1.165) is 0 Å². The van der Waals surface area contributed by atoms with Crippen LogP contribution >= 0.6 is 0 Å². The average Bonchev–Trinajstić information content (AvgIpc) is 2.16. The summed E-state index contributed by atoms with van der Waals surface area (Å²) in [6, 6.07) is 6.59. The maximum Gasteiger partial charge on any atom is 0.146 e. The molecular weight excluding hydrogens is 169 g/mol. The van der Waals surface area contributed by atoms with Crippen molar-refractivity contribution in [1.82, 2.24) is 0 Å². The number of halogens is 1.